The van der Waals surface area contributed by atoms with Crippen molar-refractivity contribution in [1.29, 1.82) is 0 Å². The lowest BCUT2D eigenvalue weighted by atomic mass is 10.1. The predicted octanol–water partition coefficient (Wildman–Crippen LogP) is 3.61. The number of benzene rings is 1. The molecule has 0 fully saturated rings. The first kappa shape index (κ1) is 17.2. The van der Waals surface area contributed by atoms with E-state index in [0.717, 1.165) is 29.3 Å². The van der Waals surface area contributed by atoms with E-state index in [1.807, 2.05) is 24.6 Å². The molecule has 0 aliphatic heterocycles. The molecular weight excluding hydrogens is 317 g/mol. The predicted molar refractivity (Wildman–Crippen MR) is 94.9 cm³/mol. The standard InChI is InChI=1S/C19H22FN5/c1-13-18(11-24(4)15(3)19-9-10-21-12-22-19)14(2)25(23-13)17-7-5-16(20)6-8-17/h5-10,12,15H,11H2,1-4H3/t15-/m1/s1. The fourth-order valence-electron chi connectivity index (χ4n) is 2.90. The maximum absolute atomic E-state index is 13.2. The number of aryl methyl sites for hydroxylation is 1. The maximum Gasteiger partial charge on any atom is 0.123 e. The molecule has 3 rings (SSSR count). The van der Waals surface area contributed by atoms with E-state index in [0.29, 0.717) is 0 Å². The van der Waals surface area contributed by atoms with Gasteiger partial charge in [-0.05, 0) is 58.2 Å². The van der Waals surface area contributed by atoms with Crippen LogP contribution in [0.2, 0.25) is 0 Å². The molecule has 0 unspecified atom stereocenters. The summed E-state index contributed by atoms with van der Waals surface area (Å²) in [6.07, 6.45) is 3.33. The molecular formula is C19H22FN5. The number of rotatable bonds is 5. The average Bonchev–Trinajstić information content (AvgIpc) is 2.90. The minimum absolute atomic E-state index is 0.163. The van der Waals surface area contributed by atoms with Gasteiger partial charge in [0.1, 0.15) is 12.1 Å². The Balaban J connectivity index is 1.84. The van der Waals surface area contributed by atoms with E-state index in [-0.39, 0.29) is 11.9 Å². The first-order valence-electron chi connectivity index (χ1n) is 8.24. The molecule has 0 saturated carbocycles. The summed E-state index contributed by atoms with van der Waals surface area (Å²) < 4.78 is 15.0. The van der Waals surface area contributed by atoms with E-state index < -0.39 is 0 Å². The zero-order valence-electron chi connectivity index (χ0n) is 14.9. The molecule has 3 aromatic rings. The molecule has 0 bridgehead atoms. The van der Waals surface area contributed by atoms with Gasteiger partial charge in [0.05, 0.1) is 17.1 Å². The van der Waals surface area contributed by atoms with Crippen LogP contribution in [0.1, 0.15) is 35.6 Å². The van der Waals surface area contributed by atoms with Crippen LogP contribution in [0.5, 0.6) is 0 Å². The Morgan fingerprint density at radius 1 is 1.16 bits per heavy atom. The van der Waals surface area contributed by atoms with Crippen LogP contribution in [0.3, 0.4) is 0 Å². The lowest BCUT2D eigenvalue weighted by Crippen LogP contribution is -2.23. The largest absolute Gasteiger partial charge is 0.294 e. The number of aromatic nitrogens is 4. The first-order chi connectivity index (χ1) is 12.0. The third-order valence-corrected chi connectivity index (χ3v) is 4.61. The van der Waals surface area contributed by atoms with Crippen molar-refractivity contribution in [2.24, 2.45) is 0 Å². The Morgan fingerprint density at radius 3 is 2.52 bits per heavy atom. The third-order valence-electron chi connectivity index (χ3n) is 4.61. The minimum atomic E-state index is -0.246. The molecule has 0 aliphatic carbocycles. The van der Waals surface area contributed by atoms with E-state index >= 15 is 0 Å². The van der Waals surface area contributed by atoms with Gasteiger partial charge in [-0.2, -0.15) is 5.10 Å². The molecule has 1 atom stereocenters. The van der Waals surface area contributed by atoms with Crippen LogP contribution in [0.25, 0.3) is 5.69 Å². The Hall–Kier alpha value is -2.60. The zero-order valence-corrected chi connectivity index (χ0v) is 14.9. The average molecular weight is 339 g/mol. The highest BCUT2D eigenvalue weighted by atomic mass is 19.1. The van der Waals surface area contributed by atoms with Gasteiger partial charge in [-0.15, -0.1) is 0 Å². The SMILES string of the molecule is Cc1nn(-c2ccc(F)cc2)c(C)c1CN(C)[C@H](C)c1ccncn1. The Labute approximate surface area is 147 Å². The van der Waals surface area contributed by atoms with E-state index in [9.17, 15) is 4.39 Å². The summed E-state index contributed by atoms with van der Waals surface area (Å²) >= 11 is 0. The van der Waals surface area contributed by atoms with Gasteiger partial charge in [0.15, 0.2) is 0 Å². The highest BCUT2D eigenvalue weighted by molar-refractivity contribution is 5.37. The van der Waals surface area contributed by atoms with Crippen LogP contribution >= 0.6 is 0 Å². The Bertz CT molecular complexity index is 842. The summed E-state index contributed by atoms with van der Waals surface area (Å²) in [5, 5.41) is 4.64. The molecule has 5 nitrogen and oxygen atoms in total. The van der Waals surface area contributed by atoms with Gasteiger partial charge in [-0.1, -0.05) is 0 Å². The fourth-order valence-corrected chi connectivity index (χ4v) is 2.90. The summed E-state index contributed by atoms with van der Waals surface area (Å²) in [5.41, 5.74) is 5.06. The summed E-state index contributed by atoms with van der Waals surface area (Å²) in [6, 6.07) is 8.49. The van der Waals surface area contributed by atoms with Gasteiger partial charge in [-0.25, -0.2) is 19.0 Å². The number of hydrogen-bond donors (Lipinski definition) is 0. The van der Waals surface area contributed by atoms with E-state index in [1.54, 1.807) is 24.7 Å². The normalized spacial score (nSPS) is 12.6. The minimum Gasteiger partial charge on any atom is -0.294 e. The summed E-state index contributed by atoms with van der Waals surface area (Å²) in [5.74, 6) is -0.246. The van der Waals surface area contributed by atoms with E-state index in [4.69, 9.17) is 0 Å². The summed E-state index contributed by atoms with van der Waals surface area (Å²) in [7, 11) is 2.07. The molecule has 0 radical (unpaired) electrons. The van der Waals surface area contributed by atoms with Gasteiger partial charge in [0.25, 0.3) is 0 Å². The van der Waals surface area contributed by atoms with Gasteiger partial charge in [-0.3, -0.25) is 4.90 Å². The molecule has 2 heterocycles. The second kappa shape index (κ2) is 7.11. The van der Waals surface area contributed by atoms with Crippen molar-refractivity contribution in [3.63, 3.8) is 0 Å². The molecule has 0 saturated heterocycles. The first-order valence-corrected chi connectivity index (χ1v) is 8.24. The second-order valence-electron chi connectivity index (χ2n) is 6.26. The topological polar surface area (TPSA) is 46.8 Å². The molecule has 2 aromatic heterocycles. The highest BCUT2D eigenvalue weighted by Crippen LogP contribution is 2.23. The zero-order chi connectivity index (χ0) is 18.0. The van der Waals surface area contributed by atoms with Gasteiger partial charge in [0.2, 0.25) is 0 Å². The lowest BCUT2D eigenvalue weighted by molar-refractivity contribution is 0.247. The van der Waals surface area contributed by atoms with Crippen LogP contribution < -0.4 is 0 Å². The molecule has 25 heavy (non-hydrogen) atoms. The quantitative estimate of drug-likeness (QED) is 0.712. The fraction of sp³-hybridized carbons (Fsp3) is 0.316. The van der Waals surface area contributed by atoms with Gasteiger partial charge >= 0.3 is 0 Å². The van der Waals surface area contributed by atoms with Crippen molar-refractivity contribution in [1.82, 2.24) is 24.6 Å². The van der Waals surface area contributed by atoms with Crippen LogP contribution in [0, 0.1) is 19.7 Å². The third kappa shape index (κ3) is 3.58. The summed E-state index contributed by atoms with van der Waals surface area (Å²) in [6.45, 7) is 6.93. The number of nitrogens with zero attached hydrogens (tertiary/aromatic N) is 5. The van der Waals surface area contributed by atoms with Crippen molar-refractivity contribution in [3.8, 4) is 5.69 Å². The molecule has 0 spiro atoms. The van der Waals surface area contributed by atoms with Crippen LogP contribution in [-0.2, 0) is 6.54 Å². The molecule has 1 aromatic carbocycles. The Morgan fingerprint density at radius 2 is 1.88 bits per heavy atom. The molecule has 0 amide bonds. The highest BCUT2D eigenvalue weighted by Gasteiger charge is 2.18. The number of halogens is 1. The van der Waals surface area contributed by atoms with Gasteiger partial charge < -0.3 is 0 Å². The molecule has 0 aliphatic rings. The number of hydrogen-bond acceptors (Lipinski definition) is 4. The Kier molecular flexibility index (Phi) is 4.90. The van der Waals surface area contributed by atoms with Gasteiger partial charge in [0, 0.05) is 30.0 Å². The van der Waals surface area contributed by atoms with Crippen molar-refractivity contribution in [2.45, 2.75) is 33.4 Å². The van der Waals surface area contributed by atoms with Crippen molar-refractivity contribution in [2.75, 3.05) is 7.05 Å². The van der Waals surface area contributed by atoms with Crippen molar-refractivity contribution >= 4 is 0 Å². The molecule has 0 N–H and O–H groups in total. The van der Waals surface area contributed by atoms with E-state index in [2.05, 4.69) is 33.9 Å². The monoisotopic (exact) mass is 339 g/mol. The van der Waals surface area contributed by atoms with E-state index in [1.165, 1.54) is 17.7 Å². The molecule has 6 heteroatoms. The smallest absolute Gasteiger partial charge is 0.123 e. The van der Waals surface area contributed by atoms with Crippen LogP contribution in [0.4, 0.5) is 4.39 Å². The maximum atomic E-state index is 13.2. The molecule has 130 valence electrons. The van der Waals surface area contributed by atoms with Crippen molar-refractivity contribution < 1.29 is 4.39 Å². The van der Waals surface area contributed by atoms with Crippen LogP contribution in [-0.4, -0.2) is 31.7 Å². The lowest BCUT2D eigenvalue weighted by Gasteiger charge is -2.24. The van der Waals surface area contributed by atoms with Crippen molar-refractivity contribution in [3.05, 3.63) is 71.3 Å². The summed E-state index contributed by atoms with van der Waals surface area (Å²) in [4.78, 5) is 10.5. The second-order valence-corrected chi connectivity index (χ2v) is 6.26. The van der Waals surface area contributed by atoms with Crippen LogP contribution in [0.15, 0.2) is 42.9 Å².